The number of rotatable bonds is 3. The van der Waals surface area contributed by atoms with Crippen molar-refractivity contribution in [2.45, 2.75) is 0 Å². The van der Waals surface area contributed by atoms with Crippen molar-refractivity contribution in [2.24, 2.45) is 0 Å². The summed E-state index contributed by atoms with van der Waals surface area (Å²) >= 11 is 0. The molecule has 0 bridgehead atoms. The smallest absolute Gasteiger partial charge is 0.445 e. The summed E-state index contributed by atoms with van der Waals surface area (Å²) in [5.74, 6) is -0.129. The molecule has 1 saturated heterocycles. The third-order valence-electron chi connectivity index (χ3n) is 2.33. The molecular weight excluding hydrogens is 269 g/mol. The Hall–Kier alpha value is 1.14. The van der Waals surface area contributed by atoms with Gasteiger partial charge >= 0.3 is 58.4 Å². The molecule has 16 heavy (non-hydrogen) atoms. The summed E-state index contributed by atoms with van der Waals surface area (Å²) in [6.45, 7) is -2.00. The molecule has 88 valence electrons. The van der Waals surface area contributed by atoms with E-state index in [4.69, 9.17) is 0 Å². The summed E-state index contributed by atoms with van der Waals surface area (Å²) in [5.41, 5.74) is -0.769. The Labute approximate surface area is 136 Å². The molecule has 0 unspecified atom stereocenters. The van der Waals surface area contributed by atoms with Gasteiger partial charge in [-0.15, -0.1) is 12.1 Å². The first-order valence-corrected chi connectivity index (χ1v) is 6.33. The summed E-state index contributed by atoms with van der Waals surface area (Å²) < 4.78 is 58.5. The van der Waals surface area contributed by atoms with Crippen LogP contribution in [0.15, 0.2) is 12.1 Å². The van der Waals surface area contributed by atoms with Crippen LogP contribution in [0, 0.1) is 0 Å². The molecule has 0 spiro atoms. The van der Waals surface area contributed by atoms with Gasteiger partial charge in [-0.05, 0) is 6.54 Å². The van der Waals surface area contributed by atoms with Gasteiger partial charge in [-0.25, -0.2) is 8.42 Å². The monoisotopic (exact) mass is 281 g/mol. The molecular formula is C7H12BF3KNO2S. The average molecular weight is 281 g/mol. The Bertz CT molecular complexity index is 343. The van der Waals surface area contributed by atoms with Crippen molar-refractivity contribution in [1.82, 2.24) is 4.90 Å². The van der Waals surface area contributed by atoms with Crippen molar-refractivity contribution in [2.75, 3.05) is 31.1 Å². The zero-order valence-corrected chi connectivity index (χ0v) is 13.1. The van der Waals surface area contributed by atoms with Gasteiger partial charge in [0, 0.05) is 13.1 Å². The van der Waals surface area contributed by atoms with E-state index in [2.05, 4.69) is 6.58 Å². The molecule has 3 nitrogen and oxygen atoms in total. The van der Waals surface area contributed by atoms with E-state index in [0.29, 0.717) is 0 Å². The fraction of sp³-hybridized carbons (Fsp3) is 0.714. The molecule has 0 N–H and O–H groups in total. The molecule has 1 rings (SSSR count). The predicted octanol–water partition coefficient (Wildman–Crippen LogP) is -2.34. The minimum absolute atomic E-state index is 0. The molecule has 1 aliphatic heterocycles. The quantitative estimate of drug-likeness (QED) is 0.544. The first kappa shape index (κ1) is 17.1. The number of nitrogens with zero attached hydrogens (tertiary/aromatic N) is 1. The number of hydrogen-bond acceptors (Lipinski definition) is 3. The maximum Gasteiger partial charge on any atom is 1.00 e. The zero-order chi connectivity index (χ0) is 11.7. The Balaban J connectivity index is 0.00000225. The van der Waals surface area contributed by atoms with Crippen LogP contribution >= 0.6 is 0 Å². The van der Waals surface area contributed by atoms with Gasteiger partial charge in [-0.3, -0.25) is 0 Å². The molecule has 0 aromatic heterocycles. The van der Waals surface area contributed by atoms with Crippen molar-refractivity contribution in [1.29, 1.82) is 0 Å². The van der Waals surface area contributed by atoms with Gasteiger partial charge in [0.1, 0.15) is 0 Å². The van der Waals surface area contributed by atoms with E-state index in [1.54, 1.807) is 0 Å². The second-order valence-electron chi connectivity index (χ2n) is 3.66. The molecule has 1 aliphatic rings. The Morgan fingerprint density at radius 1 is 1.25 bits per heavy atom. The van der Waals surface area contributed by atoms with Crippen LogP contribution < -0.4 is 51.4 Å². The van der Waals surface area contributed by atoms with E-state index >= 15 is 0 Å². The standard InChI is InChI=1S/C7H12BF3NO2S.K/c1-7(8(9,10)11)6-12-2-4-15(13,14)5-3-12;/h1-6H2;/q-1;+1. The minimum Gasteiger partial charge on any atom is -0.445 e. The van der Waals surface area contributed by atoms with Crippen LogP contribution in [0.2, 0.25) is 0 Å². The van der Waals surface area contributed by atoms with Gasteiger partial charge in [0.15, 0.2) is 9.84 Å². The zero-order valence-electron chi connectivity index (χ0n) is 9.13. The molecule has 1 heterocycles. The van der Waals surface area contributed by atoms with Gasteiger partial charge < -0.3 is 17.8 Å². The Kier molecular flexibility index (Phi) is 6.80. The van der Waals surface area contributed by atoms with E-state index in [1.807, 2.05) is 0 Å². The van der Waals surface area contributed by atoms with Crippen LogP contribution in [0.3, 0.4) is 0 Å². The Morgan fingerprint density at radius 2 is 1.69 bits per heavy atom. The fourth-order valence-corrected chi connectivity index (χ4v) is 2.58. The van der Waals surface area contributed by atoms with Crippen LogP contribution in [0.5, 0.6) is 0 Å². The maximum absolute atomic E-state index is 12.2. The summed E-state index contributed by atoms with van der Waals surface area (Å²) in [6, 6.07) is 0. The van der Waals surface area contributed by atoms with Crippen molar-refractivity contribution >= 4 is 16.8 Å². The van der Waals surface area contributed by atoms with E-state index < -0.39 is 22.3 Å². The topological polar surface area (TPSA) is 37.4 Å². The normalized spacial score (nSPS) is 21.2. The average Bonchev–Trinajstić information content (AvgIpc) is 2.07. The fourth-order valence-electron chi connectivity index (χ4n) is 1.30. The first-order chi connectivity index (χ1) is 6.71. The molecule has 0 atom stereocenters. The van der Waals surface area contributed by atoms with Crippen LogP contribution in [0.1, 0.15) is 0 Å². The van der Waals surface area contributed by atoms with Gasteiger partial charge in [-0.2, -0.15) is 0 Å². The van der Waals surface area contributed by atoms with Crippen molar-refractivity contribution in [3.63, 3.8) is 0 Å². The molecule has 9 heteroatoms. The van der Waals surface area contributed by atoms with Crippen LogP contribution in [-0.2, 0) is 9.84 Å². The maximum atomic E-state index is 12.2. The van der Waals surface area contributed by atoms with Crippen LogP contribution in [0.25, 0.3) is 0 Å². The molecule has 0 radical (unpaired) electrons. The minimum atomic E-state index is -5.01. The summed E-state index contributed by atoms with van der Waals surface area (Å²) in [4.78, 5) is 1.47. The van der Waals surface area contributed by atoms with E-state index in [1.165, 1.54) is 4.90 Å². The SMILES string of the molecule is C=C(CN1CCS(=O)(=O)CC1)[B-](F)(F)F.[K+]. The predicted molar refractivity (Wildman–Crippen MR) is 53.3 cm³/mol. The van der Waals surface area contributed by atoms with Gasteiger partial charge in [0.2, 0.25) is 0 Å². The van der Waals surface area contributed by atoms with E-state index in [-0.39, 0.29) is 82.5 Å². The summed E-state index contributed by atoms with van der Waals surface area (Å²) in [7, 11) is -3.03. The summed E-state index contributed by atoms with van der Waals surface area (Å²) in [5, 5.41) is 0. The third-order valence-corrected chi connectivity index (χ3v) is 3.94. The first-order valence-electron chi connectivity index (χ1n) is 4.51. The van der Waals surface area contributed by atoms with Gasteiger partial charge in [0.05, 0.1) is 11.5 Å². The second-order valence-corrected chi connectivity index (χ2v) is 5.96. The largest absolute Gasteiger partial charge is 1.00 e. The third kappa shape index (κ3) is 5.65. The molecule has 1 fully saturated rings. The number of sulfone groups is 1. The molecule has 0 aliphatic carbocycles. The van der Waals surface area contributed by atoms with Crippen molar-refractivity contribution in [3.8, 4) is 0 Å². The van der Waals surface area contributed by atoms with Crippen molar-refractivity contribution in [3.05, 3.63) is 12.1 Å². The Morgan fingerprint density at radius 3 is 2.06 bits per heavy atom. The van der Waals surface area contributed by atoms with Gasteiger partial charge in [-0.1, -0.05) is 0 Å². The summed E-state index contributed by atoms with van der Waals surface area (Å²) in [6.07, 6.45) is 0. The molecule has 0 saturated carbocycles. The van der Waals surface area contributed by atoms with Crippen LogP contribution in [-0.4, -0.2) is 51.4 Å². The van der Waals surface area contributed by atoms with Crippen LogP contribution in [0.4, 0.5) is 12.9 Å². The number of halogens is 3. The van der Waals surface area contributed by atoms with Crippen molar-refractivity contribution < 1.29 is 72.7 Å². The van der Waals surface area contributed by atoms with E-state index in [0.717, 1.165) is 0 Å². The molecule has 0 aromatic rings. The van der Waals surface area contributed by atoms with E-state index in [9.17, 15) is 21.4 Å². The van der Waals surface area contributed by atoms with Gasteiger partial charge in [0.25, 0.3) is 0 Å². The molecule has 0 aromatic carbocycles. The number of hydrogen-bond donors (Lipinski definition) is 0. The second kappa shape index (κ2) is 6.35. The molecule has 0 amide bonds.